The predicted molar refractivity (Wildman–Crippen MR) is 105 cm³/mol. The zero-order chi connectivity index (χ0) is 19.1. The first-order valence-corrected chi connectivity index (χ1v) is 10.1. The molecular formula is C21H31N3O3. The highest BCUT2D eigenvalue weighted by molar-refractivity contribution is 5.79. The number of carbonyl (C=O) groups excluding carboxylic acids is 2. The minimum Gasteiger partial charge on any atom is -0.497 e. The van der Waals surface area contributed by atoms with Crippen LogP contribution in [0.5, 0.6) is 5.75 Å². The smallest absolute Gasteiger partial charge is 0.234 e. The van der Waals surface area contributed by atoms with E-state index in [1.165, 1.54) is 5.56 Å². The molecule has 0 radical (unpaired) electrons. The Balaban J connectivity index is 1.32. The number of nitrogens with zero attached hydrogens (tertiary/aromatic N) is 2. The van der Waals surface area contributed by atoms with Gasteiger partial charge in [-0.05, 0) is 62.9 Å². The molecule has 2 aliphatic heterocycles. The van der Waals surface area contributed by atoms with Crippen molar-refractivity contribution < 1.29 is 14.3 Å². The van der Waals surface area contributed by atoms with E-state index in [9.17, 15) is 9.59 Å². The molecule has 1 aromatic carbocycles. The molecule has 148 valence electrons. The van der Waals surface area contributed by atoms with Crippen LogP contribution in [0.1, 0.15) is 31.2 Å². The van der Waals surface area contributed by atoms with Gasteiger partial charge in [-0.2, -0.15) is 0 Å². The SMILES string of the molecule is COc1ccc(CCNC(=O)CN2CCC(C(=O)N3CCCC3)CC2)cc1. The number of amides is 2. The quantitative estimate of drug-likeness (QED) is 0.790. The summed E-state index contributed by atoms with van der Waals surface area (Å²) in [5, 5.41) is 3.00. The molecule has 6 nitrogen and oxygen atoms in total. The third-order valence-corrected chi connectivity index (χ3v) is 5.62. The summed E-state index contributed by atoms with van der Waals surface area (Å²) < 4.78 is 5.15. The van der Waals surface area contributed by atoms with Gasteiger partial charge in [-0.1, -0.05) is 12.1 Å². The summed E-state index contributed by atoms with van der Waals surface area (Å²) in [4.78, 5) is 28.8. The van der Waals surface area contributed by atoms with Crippen LogP contribution in [0.4, 0.5) is 0 Å². The normalized spacial score (nSPS) is 18.5. The molecular weight excluding hydrogens is 342 g/mol. The minimum absolute atomic E-state index is 0.0628. The lowest BCUT2D eigenvalue weighted by Crippen LogP contribution is -2.45. The van der Waals surface area contributed by atoms with Gasteiger partial charge in [-0.3, -0.25) is 14.5 Å². The lowest BCUT2D eigenvalue weighted by Gasteiger charge is -2.32. The number of hydrogen-bond acceptors (Lipinski definition) is 4. The van der Waals surface area contributed by atoms with Crippen molar-refractivity contribution in [2.24, 2.45) is 5.92 Å². The van der Waals surface area contributed by atoms with Crippen molar-refractivity contribution in [3.05, 3.63) is 29.8 Å². The zero-order valence-electron chi connectivity index (χ0n) is 16.3. The fourth-order valence-corrected chi connectivity index (χ4v) is 3.93. The summed E-state index contributed by atoms with van der Waals surface area (Å²) in [6, 6.07) is 7.91. The van der Waals surface area contributed by atoms with Crippen molar-refractivity contribution in [3.63, 3.8) is 0 Å². The second-order valence-electron chi connectivity index (χ2n) is 7.53. The predicted octanol–water partition coefficient (Wildman–Crippen LogP) is 1.69. The highest BCUT2D eigenvalue weighted by atomic mass is 16.5. The molecule has 0 bridgehead atoms. The number of piperidine rings is 1. The Labute approximate surface area is 161 Å². The summed E-state index contributed by atoms with van der Waals surface area (Å²) in [6.45, 7) is 4.57. The number of hydrogen-bond donors (Lipinski definition) is 1. The van der Waals surface area contributed by atoms with E-state index in [1.54, 1.807) is 7.11 Å². The van der Waals surface area contributed by atoms with Gasteiger partial charge >= 0.3 is 0 Å². The molecule has 0 atom stereocenters. The van der Waals surface area contributed by atoms with Crippen molar-refractivity contribution >= 4 is 11.8 Å². The number of ether oxygens (including phenoxy) is 1. The van der Waals surface area contributed by atoms with Gasteiger partial charge in [0.25, 0.3) is 0 Å². The summed E-state index contributed by atoms with van der Waals surface area (Å²) in [7, 11) is 1.65. The highest BCUT2D eigenvalue weighted by Gasteiger charge is 2.30. The third kappa shape index (κ3) is 5.70. The molecule has 0 aromatic heterocycles. The molecule has 2 saturated heterocycles. The van der Waals surface area contributed by atoms with Crippen LogP contribution in [0, 0.1) is 5.92 Å². The molecule has 2 aliphatic rings. The Morgan fingerprint density at radius 1 is 1.07 bits per heavy atom. The van der Waals surface area contributed by atoms with Gasteiger partial charge in [0.1, 0.15) is 5.75 Å². The minimum atomic E-state index is 0.0628. The van der Waals surface area contributed by atoms with Crippen LogP contribution >= 0.6 is 0 Å². The maximum Gasteiger partial charge on any atom is 0.234 e. The second-order valence-corrected chi connectivity index (χ2v) is 7.53. The Morgan fingerprint density at radius 2 is 1.74 bits per heavy atom. The van der Waals surface area contributed by atoms with Gasteiger partial charge in [-0.25, -0.2) is 0 Å². The molecule has 27 heavy (non-hydrogen) atoms. The topological polar surface area (TPSA) is 61.9 Å². The van der Waals surface area contributed by atoms with Crippen LogP contribution in [0.25, 0.3) is 0 Å². The molecule has 0 saturated carbocycles. The first-order valence-electron chi connectivity index (χ1n) is 10.1. The molecule has 0 aliphatic carbocycles. The largest absolute Gasteiger partial charge is 0.497 e. The monoisotopic (exact) mass is 373 g/mol. The van der Waals surface area contributed by atoms with Crippen LogP contribution in [0.3, 0.4) is 0 Å². The van der Waals surface area contributed by atoms with E-state index in [-0.39, 0.29) is 11.8 Å². The molecule has 1 aromatic rings. The number of likely N-dealkylation sites (tertiary alicyclic amines) is 2. The van der Waals surface area contributed by atoms with Gasteiger partial charge in [0.2, 0.25) is 11.8 Å². The Kier molecular flexibility index (Phi) is 7.10. The van der Waals surface area contributed by atoms with Gasteiger partial charge < -0.3 is 15.0 Å². The van der Waals surface area contributed by atoms with Gasteiger partial charge in [0, 0.05) is 25.6 Å². The third-order valence-electron chi connectivity index (χ3n) is 5.62. The van der Waals surface area contributed by atoms with Gasteiger partial charge in [0.15, 0.2) is 0 Å². The van der Waals surface area contributed by atoms with E-state index in [1.807, 2.05) is 29.2 Å². The van der Waals surface area contributed by atoms with E-state index in [4.69, 9.17) is 4.74 Å². The second kappa shape index (κ2) is 9.74. The van der Waals surface area contributed by atoms with E-state index < -0.39 is 0 Å². The number of nitrogens with one attached hydrogen (secondary N) is 1. The lowest BCUT2D eigenvalue weighted by atomic mass is 9.95. The maximum absolute atomic E-state index is 12.5. The Bertz CT molecular complexity index is 618. The lowest BCUT2D eigenvalue weighted by molar-refractivity contribution is -0.136. The summed E-state index contributed by atoms with van der Waals surface area (Å²) in [5.41, 5.74) is 1.18. The molecule has 2 amide bonds. The van der Waals surface area contributed by atoms with Crippen molar-refractivity contribution in [2.75, 3.05) is 46.4 Å². The molecule has 3 rings (SSSR count). The van der Waals surface area contributed by atoms with Crippen LogP contribution in [0.2, 0.25) is 0 Å². The van der Waals surface area contributed by atoms with Crippen LogP contribution in [0.15, 0.2) is 24.3 Å². The van der Waals surface area contributed by atoms with E-state index in [0.29, 0.717) is 19.0 Å². The van der Waals surface area contributed by atoms with Gasteiger partial charge in [-0.15, -0.1) is 0 Å². The van der Waals surface area contributed by atoms with Crippen LogP contribution < -0.4 is 10.1 Å². The number of benzene rings is 1. The van der Waals surface area contributed by atoms with E-state index in [2.05, 4.69) is 10.2 Å². The average molecular weight is 373 g/mol. The Morgan fingerprint density at radius 3 is 2.37 bits per heavy atom. The van der Waals surface area contributed by atoms with Crippen molar-refractivity contribution in [1.29, 1.82) is 0 Å². The highest BCUT2D eigenvalue weighted by Crippen LogP contribution is 2.21. The average Bonchev–Trinajstić information content (AvgIpc) is 3.23. The fraction of sp³-hybridized carbons (Fsp3) is 0.619. The zero-order valence-corrected chi connectivity index (χ0v) is 16.3. The summed E-state index contributed by atoms with van der Waals surface area (Å²) in [6.07, 6.45) is 4.83. The molecule has 0 unspecified atom stereocenters. The van der Waals surface area contributed by atoms with Crippen LogP contribution in [-0.4, -0.2) is 68.0 Å². The van der Waals surface area contributed by atoms with Crippen molar-refractivity contribution in [2.45, 2.75) is 32.1 Å². The Hall–Kier alpha value is -2.08. The first kappa shape index (κ1) is 19.7. The number of rotatable bonds is 7. The van der Waals surface area contributed by atoms with Crippen LogP contribution in [-0.2, 0) is 16.0 Å². The summed E-state index contributed by atoms with van der Waals surface area (Å²) >= 11 is 0. The molecule has 1 N–H and O–H groups in total. The van der Waals surface area contributed by atoms with E-state index >= 15 is 0 Å². The molecule has 2 fully saturated rings. The number of carbonyl (C=O) groups is 2. The molecule has 2 heterocycles. The maximum atomic E-state index is 12.5. The van der Waals surface area contributed by atoms with Crippen molar-refractivity contribution in [3.8, 4) is 5.75 Å². The van der Waals surface area contributed by atoms with E-state index in [0.717, 1.165) is 64.0 Å². The van der Waals surface area contributed by atoms with Gasteiger partial charge in [0.05, 0.1) is 13.7 Å². The standard InChI is InChI=1S/C21H31N3O3/c1-27-19-6-4-17(5-7-19)8-11-22-20(25)16-23-14-9-18(10-15-23)21(26)24-12-2-3-13-24/h4-7,18H,2-3,8-16H2,1H3,(H,22,25). The molecule has 0 spiro atoms. The molecule has 6 heteroatoms. The fourth-order valence-electron chi connectivity index (χ4n) is 3.93. The van der Waals surface area contributed by atoms with Crippen molar-refractivity contribution in [1.82, 2.24) is 15.1 Å². The first-order chi connectivity index (χ1) is 13.2. The number of methoxy groups -OCH3 is 1. The summed E-state index contributed by atoms with van der Waals surface area (Å²) in [5.74, 6) is 1.39.